The monoisotopic (exact) mass is 583 g/mol. The van der Waals surface area contributed by atoms with E-state index in [1.54, 1.807) is 14.7 Å². The number of anilines is 1. The molecule has 2 aromatic rings. The number of rotatable bonds is 8. The summed E-state index contributed by atoms with van der Waals surface area (Å²) in [6, 6.07) is 15.0. The van der Waals surface area contributed by atoms with Crippen molar-refractivity contribution in [2.24, 2.45) is 11.8 Å². The molecule has 1 unspecified atom stereocenters. The lowest BCUT2D eigenvalue weighted by Crippen LogP contribution is -2.56. The number of unbranched alkanes of at least 4 members (excludes halogenated alkanes) is 1. The molecule has 3 amide bonds. The minimum atomic E-state index is -1.30. The number of carbonyl (C=O) groups is 3. The molecular weight excluding hydrogens is 542 g/mol. The molecule has 0 radical (unpaired) electrons. The predicted octanol–water partition coefficient (Wildman–Crippen LogP) is 3.94. The molecule has 8 nitrogen and oxygen atoms in total. The highest BCUT2D eigenvalue weighted by Gasteiger charge is 2.75. The van der Waals surface area contributed by atoms with Crippen molar-refractivity contribution in [1.82, 2.24) is 9.80 Å². The molecule has 2 aromatic carbocycles. The first kappa shape index (κ1) is 29.3. The number of aliphatic hydroxyl groups is 1. The van der Waals surface area contributed by atoms with Gasteiger partial charge in [0.25, 0.3) is 5.91 Å². The van der Waals surface area contributed by atoms with Crippen LogP contribution in [0.3, 0.4) is 0 Å². The van der Waals surface area contributed by atoms with Crippen LogP contribution in [0, 0.1) is 25.7 Å². The zero-order valence-electron chi connectivity index (χ0n) is 25.2. The lowest BCUT2D eigenvalue weighted by Gasteiger charge is -2.38. The van der Waals surface area contributed by atoms with Gasteiger partial charge < -0.3 is 24.5 Å². The van der Waals surface area contributed by atoms with Crippen LogP contribution in [0.25, 0.3) is 0 Å². The maximum Gasteiger partial charge on any atom is 0.253 e. The molecule has 8 heteroatoms. The number of amides is 3. The molecule has 6 rings (SSSR count). The molecule has 0 bridgehead atoms. The highest BCUT2D eigenvalue weighted by atomic mass is 16.5. The normalized spacial score (nSPS) is 29.9. The Hall–Kier alpha value is -3.75. The highest BCUT2D eigenvalue weighted by molar-refractivity contribution is 6.06. The molecule has 0 aliphatic carbocycles. The highest BCUT2D eigenvalue weighted by Crippen LogP contribution is 2.58. The van der Waals surface area contributed by atoms with E-state index in [0.717, 1.165) is 22.4 Å². The van der Waals surface area contributed by atoms with Gasteiger partial charge in [-0.25, -0.2) is 0 Å². The topological polar surface area (TPSA) is 90.4 Å². The molecule has 4 aliphatic rings. The van der Waals surface area contributed by atoms with Crippen LogP contribution in [0.5, 0.6) is 0 Å². The van der Waals surface area contributed by atoms with Crippen LogP contribution in [0.4, 0.5) is 5.69 Å². The second-order valence-electron chi connectivity index (χ2n) is 12.3. The van der Waals surface area contributed by atoms with Crippen molar-refractivity contribution in [2.75, 3.05) is 31.1 Å². The molecule has 0 aromatic heterocycles. The Labute approximate surface area is 253 Å². The number of aryl methyl sites for hydroxylation is 2. The standard InChI is InChI=1S/C35H41N3O5/c1-4-34-16-10-18-36(23-26-12-6-5-7-13-26)31(40)28(34)29-32(41)38(19-8-9-21-39)30-33(42)37(20-11-17-35(29,30)43-34)27-22-24(2)14-15-25(27)3/h5-7,10-17,22,28-30,39H,4,8-9,18-21,23H2,1-3H3/t28-,29-,30?,34+,35-/m0/s1. The minimum absolute atomic E-state index is 0.000469. The van der Waals surface area contributed by atoms with Crippen LogP contribution in [0.15, 0.2) is 72.8 Å². The van der Waals surface area contributed by atoms with Crippen LogP contribution >= 0.6 is 0 Å². The first-order chi connectivity index (χ1) is 20.8. The fourth-order valence-electron chi connectivity index (χ4n) is 7.62. The largest absolute Gasteiger partial charge is 0.396 e. The molecule has 4 heterocycles. The van der Waals surface area contributed by atoms with Crippen molar-refractivity contribution >= 4 is 23.4 Å². The van der Waals surface area contributed by atoms with E-state index in [4.69, 9.17) is 4.74 Å². The zero-order chi connectivity index (χ0) is 30.4. The Bertz CT molecular complexity index is 1470. The summed E-state index contributed by atoms with van der Waals surface area (Å²) in [5, 5.41) is 9.51. The summed E-state index contributed by atoms with van der Waals surface area (Å²) in [5.41, 5.74) is 1.51. The second kappa shape index (κ2) is 11.4. The molecule has 2 saturated heterocycles. The van der Waals surface area contributed by atoms with Gasteiger partial charge in [0.1, 0.15) is 11.6 Å². The van der Waals surface area contributed by atoms with Crippen molar-refractivity contribution in [1.29, 1.82) is 0 Å². The summed E-state index contributed by atoms with van der Waals surface area (Å²) < 4.78 is 7.08. The number of hydrogen-bond donors (Lipinski definition) is 1. The maximum atomic E-state index is 14.7. The third kappa shape index (κ3) is 4.71. The molecule has 43 heavy (non-hydrogen) atoms. The molecule has 1 N–H and O–H groups in total. The van der Waals surface area contributed by atoms with E-state index >= 15 is 0 Å². The van der Waals surface area contributed by atoms with Crippen molar-refractivity contribution in [2.45, 2.75) is 63.8 Å². The number of carbonyl (C=O) groups excluding carboxylic acids is 3. The first-order valence-corrected chi connectivity index (χ1v) is 15.4. The minimum Gasteiger partial charge on any atom is -0.396 e. The van der Waals surface area contributed by atoms with Gasteiger partial charge in [0, 0.05) is 38.5 Å². The van der Waals surface area contributed by atoms with E-state index < -0.39 is 29.1 Å². The van der Waals surface area contributed by atoms with Gasteiger partial charge in [-0.1, -0.05) is 73.7 Å². The number of hydrogen-bond acceptors (Lipinski definition) is 5. The fourth-order valence-corrected chi connectivity index (χ4v) is 7.62. The van der Waals surface area contributed by atoms with Gasteiger partial charge >= 0.3 is 0 Å². The van der Waals surface area contributed by atoms with Crippen molar-refractivity contribution < 1.29 is 24.2 Å². The van der Waals surface area contributed by atoms with Gasteiger partial charge in [-0.15, -0.1) is 0 Å². The number of benzene rings is 2. The van der Waals surface area contributed by atoms with Gasteiger partial charge in [0.15, 0.2) is 0 Å². The van der Waals surface area contributed by atoms with Crippen molar-refractivity contribution in [3.05, 3.63) is 89.5 Å². The van der Waals surface area contributed by atoms with Gasteiger partial charge in [0.2, 0.25) is 11.8 Å². The number of likely N-dealkylation sites (tertiary alicyclic amines) is 1. The first-order valence-electron chi connectivity index (χ1n) is 15.4. The second-order valence-corrected chi connectivity index (χ2v) is 12.3. The van der Waals surface area contributed by atoms with E-state index in [1.165, 1.54) is 0 Å². The average molecular weight is 584 g/mol. The van der Waals surface area contributed by atoms with Crippen LogP contribution in [0.1, 0.15) is 42.9 Å². The van der Waals surface area contributed by atoms with Crippen molar-refractivity contribution in [3.63, 3.8) is 0 Å². The van der Waals surface area contributed by atoms with Crippen LogP contribution in [-0.2, 0) is 25.7 Å². The summed E-state index contributed by atoms with van der Waals surface area (Å²) in [5.74, 6) is -2.19. The molecule has 4 aliphatic heterocycles. The Morgan fingerprint density at radius 3 is 2.42 bits per heavy atom. The number of ether oxygens (including phenoxy) is 1. The number of fused-ring (bicyclic) bond motifs is 2. The Morgan fingerprint density at radius 1 is 0.907 bits per heavy atom. The molecule has 5 atom stereocenters. The third-order valence-electron chi connectivity index (χ3n) is 9.70. The van der Waals surface area contributed by atoms with E-state index in [9.17, 15) is 19.5 Å². The van der Waals surface area contributed by atoms with E-state index in [0.29, 0.717) is 45.4 Å². The van der Waals surface area contributed by atoms with Gasteiger partial charge in [0.05, 0.1) is 17.4 Å². The van der Waals surface area contributed by atoms with Crippen LogP contribution < -0.4 is 4.90 Å². The van der Waals surface area contributed by atoms with Gasteiger partial charge in [-0.2, -0.15) is 0 Å². The van der Waals surface area contributed by atoms with E-state index in [1.807, 2.05) is 93.6 Å². The van der Waals surface area contributed by atoms with Crippen molar-refractivity contribution in [3.8, 4) is 0 Å². The number of aliphatic hydroxyl groups excluding tert-OH is 1. The molecular formula is C35H41N3O5. The summed E-state index contributed by atoms with van der Waals surface area (Å²) in [6.45, 7) is 7.44. The molecule has 226 valence electrons. The Morgan fingerprint density at radius 2 is 1.67 bits per heavy atom. The van der Waals surface area contributed by atoms with Gasteiger partial charge in [-0.05, 0) is 55.9 Å². The van der Waals surface area contributed by atoms with Crippen LogP contribution in [0.2, 0.25) is 0 Å². The smallest absolute Gasteiger partial charge is 0.253 e. The molecule has 2 fully saturated rings. The summed E-state index contributed by atoms with van der Waals surface area (Å²) in [4.78, 5) is 49.0. The molecule has 1 spiro atoms. The lowest BCUT2D eigenvalue weighted by atomic mass is 9.73. The third-order valence-corrected chi connectivity index (χ3v) is 9.70. The van der Waals surface area contributed by atoms with E-state index in [-0.39, 0.29) is 24.3 Å². The maximum absolute atomic E-state index is 14.7. The van der Waals surface area contributed by atoms with Crippen LogP contribution in [-0.4, -0.2) is 76.1 Å². The SMILES string of the molecule is CC[C@@]12C=CCN(Cc3ccccc3)C(=O)[C@@H]1[C@H]1C(=O)N(CCCCO)C3C(=O)N(c4cc(C)ccc4C)CC=C[C@@]31O2. The summed E-state index contributed by atoms with van der Waals surface area (Å²) in [6.07, 6.45) is 9.33. The average Bonchev–Trinajstić information content (AvgIpc) is 3.29. The number of nitrogens with zero attached hydrogens (tertiary/aromatic N) is 3. The molecule has 0 saturated carbocycles. The summed E-state index contributed by atoms with van der Waals surface area (Å²) in [7, 11) is 0. The van der Waals surface area contributed by atoms with Gasteiger partial charge in [-0.3, -0.25) is 14.4 Å². The summed E-state index contributed by atoms with van der Waals surface area (Å²) >= 11 is 0. The predicted molar refractivity (Wildman–Crippen MR) is 164 cm³/mol. The Balaban J connectivity index is 1.45. The van der Waals surface area contributed by atoms with E-state index in [2.05, 4.69) is 0 Å². The zero-order valence-corrected chi connectivity index (χ0v) is 25.2. The Kier molecular flexibility index (Phi) is 7.77. The lowest BCUT2D eigenvalue weighted by molar-refractivity contribution is -0.150. The fraction of sp³-hybridized carbons (Fsp3) is 0.457. The quantitative estimate of drug-likeness (QED) is 0.376.